The number of halogens is 1. The Bertz CT molecular complexity index is 942. The predicted molar refractivity (Wildman–Crippen MR) is 86.0 cm³/mol. The van der Waals surface area contributed by atoms with Crippen LogP contribution in [0, 0.1) is 5.82 Å². The van der Waals surface area contributed by atoms with Crippen molar-refractivity contribution in [3.8, 4) is 22.5 Å². The maximum atomic E-state index is 14.3. The van der Waals surface area contributed by atoms with E-state index in [0.717, 1.165) is 16.9 Å². The minimum Gasteiger partial charge on any atom is -0.299 e. The lowest BCUT2D eigenvalue weighted by Crippen LogP contribution is -1.90. The summed E-state index contributed by atoms with van der Waals surface area (Å²) in [5, 5.41) is 0. The summed E-state index contributed by atoms with van der Waals surface area (Å²) in [5.74, 6) is -0.261. The van der Waals surface area contributed by atoms with Gasteiger partial charge in [0.25, 0.3) is 0 Å². The third-order valence-electron chi connectivity index (χ3n) is 3.71. The number of hydrogen-bond donors (Lipinski definition) is 0. The molecule has 0 unspecified atom stereocenters. The highest BCUT2D eigenvalue weighted by Crippen LogP contribution is 2.33. The molecule has 0 aliphatic carbocycles. The molecule has 3 heteroatoms. The first-order valence-electron chi connectivity index (χ1n) is 7.12. The van der Waals surface area contributed by atoms with Gasteiger partial charge in [0.15, 0.2) is 0 Å². The van der Waals surface area contributed by atoms with Crippen molar-refractivity contribution in [3.05, 3.63) is 84.8 Å². The van der Waals surface area contributed by atoms with Crippen molar-refractivity contribution in [2.24, 2.45) is 0 Å². The summed E-state index contributed by atoms with van der Waals surface area (Å²) in [7, 11) is 0. The first-order chi connectivity index (χ1) is 10.8. The molecule has 0 radical (unpaired) electrons. The lowest BCUT2D eigenvalue weighted by Gasteiger charge is -2.06. The summed E-state index contributed by atoms with van der Waals surface area (Å²) < 4.78 is 16.2. The summed E-state index contributed by atoms with van der Waals surface area (Å²) in [6, 6.07) is 22.5. The maximum absolute atomic E-state index is 14.3. The van der Waals surface area contributed by atoms with E-state index in [1.807, 2.05) is 65.2 Å². The number of hydrogen-bond acceptors (Lipinski definition) is 1. The van der Waals surface area contributed by atoms with E-state index in [4.69, 9.17) is 0 Å². The average Bonchev–Trinajstić information content (AvgIpc) is 2.95. The van der Waals surface area contributed by atoms with Gasteiger partial charge in [0.05, 0.1) is 5.69 Å². The smallest absolute Gasteiger partial charge is 0.137 e. The third-order valence-corrected chi connectivity index (χ3v) is 3.71. The second-order valence-corrected chi connectivity index (χ2v) is 5.08. The summed E-state index contributed by atoms with van der Waals surface area (Å²) in [6.07, 6.45) is 1.95. The number of nitrogens with zero attached hydrogens (tertiary/aromatic N) is 2. The standard InChI is InChI=1S/C19H13FN2/c20-16-11-5-4-10-15(16)18-19(14-8-2-1-3-9-14)22-13-7-6-12-17(22)21-18/h1-13H. The molecule has 2 aromatic carbocycles. The molecule has 0 aliphatic rings. The van der Waals surface area contributed by atoms with Crippen LogP contribution in [0.25, 0.3) is 28.2 Å². The van der Waals surface area contributed by atoms with E-state index in [0.29, 0.717) is 11.3 Å². The summed E-state index contributed by atoms with van der Waals surface area (Å²) >= 11 is 0. The Hall–Kier alpha value is -2.94. The minimum absolute atomic E-state index is 0.261. The second kappa shape index (κ2) is 5.11. The zero-order valence-electron chi connectivity index (χ0n) is 11.8. The number of imidazole rings is 1. The molecule has 106 valence electrons. The fourth-order valence-corrected chi connectivity index (χ4v) is 2.71. The highest BCUT2D eigenvalue weighted by atomic mass is 19.1. The van der Waals surface area contributed by atoms with Gasteiger partial charge in [0, 0.05) is 17.3 Å². The van der Waals surface area contributed by atoms with Crippen molar-refractivity contribution in [3.63, 3.8) is 0 Å². The van der Waals surface area contributed by atoms with Crippen LogP contribution in [0.15, 0.2) is 79.0 Å². The molecule has 4 rings (SSSR count). The molecular weight excluding hydrogens is 275 g/mol. The fourth-order valence-electron chi connectivity index (χ4n) is 2.71. The largest absolute Gasteiger partial charge is 0.299 e. The van der Waals surface area contributed by atoms with Gasteiger partial charge >= 0.3 is 0 Å². The third kappa shape index (κ3) is 1.99. The van der Waals surface area contributed by atoms with Crippen molar-refractivity contribution in [2.45, 2.75) is 0 Å². The lowest BCUT2D eigenvalue weighted by atomic mass is 10.0. The number of pyridine rings is 1. The number of benzene rings is 2. The topological polar surface area (TPSA) is 17.3 Å². The summed E-state index contributed by atoms with van der Waals surface area (Å²) in [4.78, 5) is 4.64. The van der Waals surface area contributed by atoms with Gasteiger partial charge < -0.3 is 0 Å². The van der Waals surface area contributed by atoms with Gasteiger partial charge in [-0.2, -0.15) is 0 Å². The number of rotatable bonds is 2. The molecular formula is C19H13FN2. The van der Waals surface area contributed by atoms with E-state index in [1.165, 1.54) is 6.07 Å². The molecule has 0 aliphatic heterocycles. The van der Waals surface area contributed by atoms with Gasteiger partial charge in [-0.1, -0.05) is 48.5 Å². The maximum Gasteiger partial charge on any atom is 0.137 e. The van der Waals surface area contributed by atoms with Crippen LogP contribution in [0.1, 0.15) is 0 Å². The van der Waals surface area contributed by atoms with Crippen LogP contribution in [-0.2, 0) is 0 Å². The number of aromatic nitrogens is 2. The SMILES string of the molecule is Fc1ccccc1-c1nc2ccccn2c1-c1ccccc1. The second-order valence-electron chi connectivity index (χ2n) is 5.08. The Kier molecular flexibility index (Phi) is 2.97. The molecule has 0 spiro atoms. The van der Waals surface area contributed by atoms with Crippen molar-refractivity contribution in [2.75, 3.05) is 0 Å². The molecule has 0 atom stereocenters. The van der Waals surface area contributed by atoms with E-state index in [-0.39, 0.29) is 5.82 Å². The molecule has 0 N–H and O–H groups in total. The molecule has 0 amide bonds. The van der Waals surface area contributed by atoms with Gasteiger partial charge in [-0.05, 0) is 24.3 Å². The molecule has 0 saturated heterocycles. The van der Waals surface area contributed by atoms with E-state index >= 15 is 0 Å². The van der Waals surface area contributed by atoms with Crippen molar-refractivity contribution in [1.82, 2.24) is 9.38 Å². The van der Waals surface area contributed by atoms with Gasteiger partial charge in [-0.15, -0.1) is 0 Å². The Labute approximate surface area is 127 Å². The minimum atomic E-state index is -0.261. The zero-order chi connectivity index (χ0) is 14.9. The molecule has 2 heterocycles. The first kappa shape index (κ1) is 12.8. The normalized spacial score (nSPS) is 11.0. The van der Waals surface area contributed by atoms with Crippen molar-refractivity contribution in [1.29, 1.82) is 0 Å². The quantitative estimate of drug-likeness (QED) is 0.517. The van der Waals surface area contributed by atoms with Gasteiger partial charge in [0.1, 0.15) is 17.2 Å². The number of fused-ring (bicyclic) bond motifs is 1. The van der Waals surface area contributed by atoms with Crippen LogP contribution in [-0.4, -0.2) is 9.38 Å². The van der Waals surface area contributed by atoms with E-state index in [9.17, 15) is 4.39 Å². The Morgan fingerprint density at radius 3 is 2.32 bits per heavy atom. The van der Waals surface area contributed by atoms with E-state index < -0.39 is 0 Å². The average molecular weight is 288 g/mol. The predicted octanol–water partition coefficient (Wildman–Crippen LogP) is 4.81. The van der Waals surface area contributed by atoms with Crippen LogP contribution < -0.4 is 0 Å². The van der Waals surface area contributed by atoms with Crippen molar-refractivity contribution >= 4 is 5.65 Å². The summed E-state index contributed by atoms with van der Waals surface area (Å²) in [6.45, 7) is 0. The molecule has 4 aromatic rings. The van der Waals surface area contributed by atoms with Crippen LogP contribution >= 0.6 is 0 Å². The Morgan fingerprint density at radius 1 is 0.773 bits per heavy atom. The van der Waals surface area contributed by atoms with Crippen LogP contribution in [0.4, 0.5) is 4.39 Å². The Morgan fingerprint density at radius 2 is 1.50 bits per heavy atom. The zero-order valence-corrected chi connectivity index (χ0v) is 11.8. The van der Waals surface area contributed by atoms with Gasteiger partial charge in [-0.3, -0.25) is 4.40 Å². The molecule has 2 aromatic heterocycles. The van der Waals surface area contributed by atoms with Crippen LogP contribution in [0.3, 0.4) is 0 Å². The lowest BCUT2D eigenvalue weighted by molar-refractivity contribution is 0.631. The molecule has 0 saturated carbocycles. The first-order valence-corrected chi connectivity index (χ1v) is 7.12. The van der Waals surface area contributed by atoms with E-state index in [2.05, 4.69) is 4.98 Å². The molecule has 0 fully saturated rings. The van der Waals surface area contributed by atoms with E-state index in [1.54, 1.807) is 12.1 Å². The monoisotopic (exact) mass is 288 g/mol. The van der Waals surface area contributed by atoms with Crippen LogP contribution in [0.5, 0.6) is 0 Å². The summed E-state index contributed by atoms with van der Waals surface area (Å²) in [5.41, 5.74) is 3.90. The van der Waals surface area contributed by atoms with Gasteiger partial charge in [-0.25, -0.2) is 9.37 Å². The highest BCUT2D eigenvalue weighted by molar-refractivity contribution is 5.82. The Balaban J connectivity index is 2.09. The highest BCUT2D eigenvalue weighted by Gasteiger charge is 2.17. The van der Waals surface area contributed by atoms with Gasteiger partial charge in [0.2, 0.25) is 0 Å². The fraction of sp³-hybridized carbons (Fsp3) is 0. The molecule has 2 nitrogen and oxygen atoms in total. The van der Waals surface area contributed by atoms with Crippen molar-refractivity contribution < 1.29 is 4.39 Å². The van der Waals surface area contributed by atoms with Crippen LogP contribution in [0.2, 0.25) is 0 Å². The molecule has 22 heavy (non-hydrogen) atoms. The molecule has 0 bridgehead atoms.